The summed E-state index contributed by atoms with van der Waals surface area (Å²) in [6, 6.07) is 0. The first-order valence-corrected chi connectivity index (χ1v) is 12.5. The van der Waals surface area contributed by atoms with E-state index in [0.29, 0.717) is 18.3 Å². The van der Waals surface area contributed by atoms with Crippen molar-refractivity contribution >= 4 is 0 Å². The number of hydrogen-bond donors (Lipinski definition) is 5. The minimum Gasteiger partial charge on any atom is -0.507 e. The number of allylic oxidation sites excluding steroid dienone is 1. The molecular formula is C27H41NO7. The van der Waals surface area contributed by atoms with Gasteiger partial charge in [0.15, 0.2) is 0 Å². The van der Waals surface area contributed by atoms with Crippen LogP contribution in [0.2, 0.25) is 0 Å². The smallest absolute Gasteiger partial charge is 0.259 e. The fourth-order valence-corrected chi connectivity index (χ4v) is 5.49. The van der Waals surface area contributed by atoms with E-state index >= 15 is 0 Å². The lowest BCUT2D eigenvalue weighted by atomic mass is 9.89. The topological polar surface area (TPSA) is 132 Å². The fraction of sp³-hybridized carbons (Fsp3) is 0.667. The van der Waals surface area contributed by atoms with Gasteiger partial charge in [0.25, 0.3) is 5.56 Å². The van der Waals surface area contributed by atoms with Gasteiger partial charge in [-0.25, -0.2) is 0 Å². The zero-order valence-corrected chi connectivity index (χ0v) is 21.5. The average molecular weight is 492 g/mol. The largest absolute Gasteiger partial charge is 0.507 e. The zero-order chi connectivity index (χ0) is 26.2. The van der Waals surface area contributed by atoms with Crippen LogP contribution in [0.4, 0.5) is 0 Å². The van der Waals surface area contributed by atoms with Crippen molar-refractivity contribution in [2.24, 2.45) is 18.9 Å². The number of nitrogens with zero attached hydrogens (tertiary/aromatic N) is 1. The summed E-state index contributed by atoms with van der Waals surface area (Å²) in [5.41, 5.74) is 1.75. The molecule has 8 nitrogen and oxygen atoms in total. The highest BCUT2D eigenvalue weighted by atomic mass is 16.5. The zero-order valence-electron chi connectivity index (χ0n) is 21.5. The first-order chi connectivity index (χ1) is 16.4. The molecule has 1 aromatic rings. The minimum absolute atomic E-state index is 0.0366. The summed E-state index contributed by atoms with van der Waals surface area (Å²) < 4.78 is 7.64. The van der Waals surface area contributed by atoms with Crippen molar-refractivity contribution in [1.29, 1.82) is 0 Å². The van der Waals surface area contributed by atoms with E-state index in [1.165, 1.54) is 17.8 Å². The molecule has 3 rings (SSSR count). The summed E-state index contributed by atoms with van der Waals surface area (Å²) in [5, 5.41) is 52.1. The molecule has 2 aliphatic rings. The molecule has 1 aromatic heterocycles. The third kappa shape index (κ3) is 5.42. The van der Waals surface area contributed by atoms with Gasteiger partial charge in [-0.3, -0.25) is 4.79 Å². The van der Waals surface area contributed by atoms with Gasteiger partial charge < -0.3 is 34.8 Å². The van der Waals surface area contributed by atoms with Crippen LogP contribution in [0.25, 0.3) is 0 Å². The molecule has 9 atom stereocenters. The van der Waals surface area contributed by atoms with E-state index in [0.717, 1.165) is 24.0 Å². The van der Waals surface area contributed by atoms with Gasteiger partial charge in [0.2, 0.25) is 0 Å². The Balaban J connectivity index is 1.96. The van der Waals surface area contributed by atoms with Gasteiger partial charge in [-0.05, 0) is 49.7 Å². The van der Waals surface area contributed by atoms with Crippen LogP contribution in [0.1, 0.15) is 77.0 Å². The van der Waals surface area contributed by atoms with Gasteiger partial charge in [0.1, 0.15) is 18.0 Å². The molecule has 1 fully saturated rings. The summed E-state index contributed by atoms with van der Waals surface area (Å²) >= 11 is 0. The highest BCUT2D eigenvalue weighted by Crippen LogP contribution is 2.43. The second kappa shape index (κ2) is 11.0. The molecule has 35 heavy (non-hydrogen) atoms. The Labute approximate surface area is 207 Å². The summed E-state index contributed by atoms with van der Waals surface area (Å²) in [7, 11) is 1.51. The standard InChI is InChI=1S/C27H41NO7/c1-7-13(2)10-14(3)11-16(5)26-15(4)8-9-18(35-26)20-21(29)17(12-28(6)27(20)34)19-22(30)24(32)25(33)23(19)31/h8,11-14,18-19,22-26,29-33H,7,9-10H2,1-6H3/b16-11+/t13-,14+,18?,19?,22-,23+,24-,25+,26+/m1/s1. The maximum absolute atomic E-state index is 13.1. The summed E-state index contributed by atoms with van der Waals surface area (Å²) in [4.78, 5) is 13.1. The van der Waals surface area contributed by atoms with Crippen LogP contribution < -0.4 is 5.56 Å². The molecule has 2 unspecified atom stereocenters. The predicted molar refractivity (Wildman–Crippen MR) is 133 cm³/mol. The molecule has 0 radical (unpaired) electrons. The number of ether oxygens (including phenoxy) is 1. The Morgan fingerprint density at radius 2 is 1.77 bits per heavy atom. The van der Waals surface area contributed by atoms with Crippen LogP contribution in [-0.2, 0) is 11.8 Å². The quantitative estimate of drug-likeness (QED) is 0.370. The maximum atomic E-state index is 13.1. The molecule has 1 aliphatic heterocycles. The highest BCUT2D eigenvalue weighted by Gasteiger charge is 2.50. The first-order valence-electron chi connectivity index (χ1n) is 12.5. The van der Waals surface area contributed by atoms with Crippen molar-refractivity contribution in [2.75, 3.05) is 0 Å². The van der Waals surface area contributed by atoms with E-state index in [1.54, 1.807) is 0 Å². The van der Waals surface area contributed by atoms with E-state index in [-0.39, 0.29) is 23.0 Å². The molecule has 196 valence electrons. The molecule has 0 spiro atoms. The Morgan fingerprint density at radius 3 is 2.34 bits per heavy atom. The van der Waals surface area contributed by atoms with Gasteiger partial charge in [0, 0.05) is 24.7 Å². The van der Waals surface area contributed by atoms with E-state index < -0.39 is 42.0 Å². The van der Waals surface area contributed by atoms with Gasteiger partial charge in [0.05, 0.1) is 30.0 Å². The number of aliphatic hydroxyl groups excluding tert-OH is 4. The number of aliphatic hydroxyl groups is 4. The molecule has 5 N–H and O–H groups in total. The minimum atomic E-state index is -1.57. The molecule has 0 aromatic carbocycles. The first kappa shape index (κ1) is 27.6. The van der Waals surface area contributed by atoms with Crippen LogP contribution >= 0.6 is 0 Å². The van der Waals surface area contributed by atoms with E-state index in [9.17, 15) is 30.3 Å². The molecule has 2 heterocycles. The molecule has 0 amide bonds. The molecule has 1 aliphatic carbocycles. The Kier molecular flexibility index (Phi) is 8.65. The third-order valence-electron chi connectivity index (χ3n) is 7.68. The van der Waals surface area contributed by atoms with Crippen molar-refractivity contribution in [3.05, 3.63) is 51.0 Å². The fourth-order valence-electron chi connectivity index (χ4n) is 5.49. The van der Waals surface area contributed by atoms with Gasteiger partial charge in [-0.15, -0.1) is 0 Å². The van der Waals surface area contributed by atoms with Crippen LogP contribution in [0.15, 0.2) is 34.3 Å². The van der Waals surface area contributed by atoms with E-state index in [2.05, 4.69) is 26.8 Å². The molecule has 8 heteroatoms. The maximum Gasteiger partial charge on any atom is 0.259 e. The predicted octanol–water partition coefficient (Wildman–Crippen LogP) is 2.43. The number of aryl methyl sites for hydroxylation is 1. The van der Waals surface area contributed by atoms with Crippen molar-refractivity contribution in [1.82, 2.24) is 4.57 Å². The Bertz CT molecular complexity index is 1020. The molecule has 0 bridgehead atoms. The number of aromatic nitrogens is 1. The lowest BCUT2D eigenvalue weighted by Crippen LogP contribution is -2.32. The van der Waals surface area contributed by atoms with Gasteiger partial charge >= 0.3 is 0 Å². The summed E-state index contributed by atoms with van der Waals surface area (Å²) in [6.45, 7) is 10.6. The average Bonchev–Trinajstić information content (AvgIpc) is 2.99. The second-order valence-electron chi connectivity index (χ2n) is 10.6. The van der Waals surface area contributed by atoms with Crippen LogP contribution in [0, 0.1) is 11.8 Å². The number of rotatable bonds is 7. The molecule has 0 saturated heterocycles. The molecule has 1 saturated carbocycles. The van der Waals surface area contributed by atoms with Crippen LogP contribution in [0.5, 0.6) is 5.75 Å². The highest BCUT2D eigenvalue weighted by molar-refractivity contribution is 5.44. The monoisotopic (exact) mass is 491 g/mol. The van der Waals surface area contributed by atoms with Crippen molar-refractivity contribution in [3.8, 4) is 5.75 Å². The van der Waals surface area contributed by atoms with Gasteiger partial charge in [-0.2, -0.15) is 0 Å². The lowest BCUT2D eigenvalue weighted by molar-refractivity contribution is -0.0413. The van der Waals surface area contributed by atoms with Gasteiger partial charge in [-0.1, -0.05) is 39.3 Å². The van der Waals surface area contributed by atoms with Crippen molar-refractivity contribution in [2.45, 2.75) is 96.4 Å². The Hall–Kier alpha value is -1.97. The van der Waals surface area contributed by atoms with Crippen LogP contribution in [-0.4, -0.2) is 60.6 Å². The third-order valence-corrected chi connectivity index (χ3v) is 7.68. The lowest BCUT2D eigenvalue weighted by Gasteiger charge is -2.32. The van der Waals surface area contributed by atoms with Crippen molar-refractivity contribution in [3.63, 3.8) is 0 Å². The summed E-state index contributed by atoms with van der Waals surface area (Å²) in [6.07, 6.45) is 0.890. The SMILES string of the molecule is CC[C@@H](C)C[C@H](C)/C=C(\C)[C@H]1OC(c2c(O)c(C3[C@@H](O)[C@@H](O)[C@@H](O)[C@H]3O)cn(C)c2=O)CC=C1C. The van der Waals surface area contributed by atoms with E-state index in [4.69, 9.17) is 4.74 Å². The van der Waals surface area contributed by atoms with Crippen molar-refractivity contribution < 1.29 is 30.3 Å². The molecular weight excluding hydrogens is 450 g/mol. The number of aromatic hydroxyl groups is 1. The van der Waals surface area contributed by atoms with Crippen LogP contribution in [0.3, 0.4) is 0 Å². The number of pyridine rings is 1. The Morgan fingerprint density at radius 1 is 1.17 bits per heavy atom. The normalized spacial score (nSPS) is 33.5. The van der Waals surface area contributed by atoms with E-state index in [1.807, 2.05) is 19.9 Å². The number of hydrogen-bond acceptors (Lipinski definition) is 7. The summed E-state index contributed by atoms with van der Waals surface area (Å²) in [5.74, 6) is -0.563. The second-order valence-corrected chi connectivity index (χ2v) is 10.6.